The standard InChI is InChI=1S/C26H33N5O2/c1-4-13-29(5-2)15-7-14-28(3)17-18-31-25(32)21-9-6-8-20-23(30-16-12-27-19-30)11-10-22(24(20)21)26(31)33/h6,8-12,16,19H,4-5,7,13-15,17-18H2,1-3H3. The van der Waals surface area contributed by atoms with E-state index in [1.807, 2.05) is 41.1 Å². The van der Waals surface area contributed by atoms with Gasteiger partial charge in [-0.3, -0.25) is 14.5 Å². The van der Waals surface area contributed by atoms with Crippen LogP contribution in [-0.4, -0.2) is 82.4 Å². The van der Waals surface area contributed by atoms with E-state index < -0.39 is 0 Å². The van der Waals surface area contributed by atoms with Crippen molar-refractivity contribution in [1.29, 1.82) is 0 Å². The molecule has 0 N–H and O–H groups in total. The second-order valence-corrected chi connectivity index (χ2v) is 8.68. The molecule has 7 heteroatoms. The van der Waals surface area contributed by atoms with E-state index in [1.54, 1.807) is 12.5 Å². The van der Waals surface area contributed by atoms with Crippen LogP contribution in [0, 0.1) is 0 Å². The fourth-order valence-electron chi connectivity index (χ4n) is 4.65. The molecule has 2 amide bonds. The van der Waals surface area contributed by atoms with Gasteiger partial charge in [0, 0.05) is 47.4 Å². The minimum absolute atomic E-state index is 0.214. The minimum atomic E-state index is -0.214. The molecular formula is C26H33N5O2. The highest BCUT2D eigenvalue weighted by Gasteiger charge is 2.33. The van der Waals surface area contributed by atoms with Gasteiger partial charge in [0.2, 0.25) is 0 Å². The molecule has 0 saturated heterocycles. The van der Waals surface area contributed by atoms with E-state index in [0.29, 0.717) is 24.2 Å². The quantitative estimate of drug-likeness (QED) is 0.420. The van der Waals surface area contributed by atoms with E-state index in [1.165, 1.54) is 11.3 Å². The van der Waals surface area contributed by atoms with Crippen molar-refractivity contribution in [3.8, 4) is 5.69 Å². The first-order valence-corrected chi connectivity index (χ1v) is 11.9. The third-order valence-electron chi connectivity index (χ3n) is 6.46. The van der Waals surface area contributed by atoms with Crippen molar-refractivity contribution >= 4 is 22.6 Å². The second-order valence-electron chi connectivity index (χ2n) is 8.68. The van der Waals surface area contributed by atoms with Gasteiger partial charge >= 0.3 is 0 Å². The Labute approximate surface area is 195 Å². The summed E-state index contributed by atoms with van der Waals surface area (Å²) in [6.07, 6.45) is 7.54. The van der Waals surface area contributed by atoms with E-state index in [9.17, 15) is 9.59 Å². The topological polar surface area (TPSA) is 61.7 Å². The summed E-state index contributed by atoms with van der Waals surface area (Å²) in [5.74, 6) is -0.427. The highest BCUT2D eigenvalue weighted by atomic mass is 16.2. The predicted octanol–water partition coefficient (Wildman–Crippen LogP) is 3.68. The van der Waals surface area contributed by atoms with Crippen LogP contribution in [0.4, 0.5) is 0 Å². The predicted molar refractivity (Wildman–Crippen MR) is 131 cm³/mol. The molecular weight excluding hydrogens is 414 g/mol. The van der Waals surface area contributed by atoms with E-state index in [4.69, 9.17) is 0 Å². The molecule has 33 heavy (non-hydrogen) atoms. The molecule has 1 aliphatic rings. The zero-order valence-corrected chi connectivity index (χ0v) is 19.8. The Morgan fingerprint density at radius 1 is 0.939 bits per heavy atom. The Kier molecular flexibility index (Phi) is 7.20. The lowest BCUT2D eigenvalue weighted by Crippen LogP contribution is -2.44. The maximum atomic E-state index is 13.3. The first-order chi connectivity index (χ1) is 16.0. The van der Waals surface area contributed by atoms with Crippen LogP contribution in [0.5, 0.6) is 0 Å². The van der Waals surface area contributed by atoms with Crippen LogP contribution in [0.25, 0.3) is 16.5 Å². The van der Waals surface area contributed by atoms with Gasteiger partial charge in [-0.2, -0.15) is 0 Å². The first kappa shape index (κ1) is 23.1. The molecule has 0 saturated carbocycles. The van der Waals surface area contributed by atoms with Crippen molar-refractivity contribution in [2.75, 3.05) is 46.3 Å². The van der Waals surface area contributed by atoms with Crippen LogP contribution in [0.3, 0.4) is 0 Å². The van der Waals surface area contributed by atoms with Gasteiger partial charge in [0.05, 0.1) is 12.0 Å². The SMILES string of the molecule is CCCN(CC)CCCN(C)CCN1C(=O)c2cccc3c(-n4ccnc4)ccc(c23)C1=O. The summed E-state index contributed by atoms with van der Waals surface area (Å²) in [6, 6.07) is 9.42. The van der Waals surface area contributed by atoms with Gasteiger partial charge in [-0.05, 0) is 64.3 Å². The number of hydrogen-bond acceptors (Lipinski definition) is 5. The Hall–Kier alpha value is -3.03. The molecule has 0 atom stereocenters. The summed E-state index contributed by atoms with van der Waals surface area (Å²) in [6.45, 7) is 9.67. The lowest BCUT2D eigenvalue weighted by Gasteiger charge is -2.29. The van der Waals surface area contributed by atoms with Gasteiger partial charge in [0.15, 0.2) is 0 Å². The average Bonchev–Trinajstić information content (AvgIpc) is 3.36. The van der Waals surface area contributed by atoms with Crippen molar-refractivity contribution in [3.05, 3.63) is 60.2 Å². The molecule has 0 fully saturated rings. The number of rotatable bonds is 11. The molecule has 0 aliphatic carbocycles. The Bertz CT molecular complexity index is 1100. The maximum absolute atomic E-state index is 13.3. The third-order valence-corrected chi connectivity index (χ3v) is 6.46. The Morgan fingerprint density at radius 3 is 2.42 bits per heavy atom. The van der Waals surface area contributed by atoms with Crippen LogP contribution in [-0.2, 0) is 0 Å². The highest BCUT2D eigenvalue weighted by molar-refractivity contribution is 6.26. The number of imide groups is 1. The number of carbonyl (C=O) groups excluding carboxylic acids is 2. The van der Waals surface area contributed by atoms with Crippen LogP contribution < -0.4 is 0 Å². The van der Waals surface area contributed by atoms with Crippen LogP contribution >= 0.6 is 0 Å². The summed E-state index contributed by atoms with van der Waals surface area (Å²) >= 11 is 0. The zero-order chi connectivity index (χ0) is 23.4. The first-order valence-electron chi connectivity index (χ1n) is 11.9. The monoisotopic (exact) mass is 447 g/mol. The zero-order valence-electron chi connectivity index (χ0n) is 19.8. The molecule has 4 rings (SSSR count). The van der Waals surface area contributed by atoms with Crippen LogP contribution in [0.1, 0.15) is 47.4 Å². The fourth-order valence-corrected chi connectivity index (χ4v) is 4.65. The number of aromatic nitrogens is 2. The second kappa shape index (κ2) is 10.3. The summed E-state index contributed by atoms with van der Waals surface area (Å²) in [4.78, 5) is 36.8. The number of likely N-dealkylation sites (N-methyl/N-ethyl adjacent to an activating group) is 1. The molecule has 0 radical (unpaired) electrons. The van der Waals surface area contributed by atoms with Gasteiger partial charge in [-0.15, -0.1) is 0 Å². The highest BCUT2D eigenvalue weighted by Crippen LogP contribution is 2.33. The molecule has 0 unspecified atom stereocenters. The largest absolute Gasteiger partial charge is 0.306 e. The van der Waals surface area contributed by atoms with Crippen molar-refractivity contribution in [2.24, 2.45) is 0 Å². The van der Waals surface area contributed by atoms with Crippen LogP contribution in [0.15, 0.2) is 49.1 Å². The van der Waals surface area contributed by atoms with Gasteiger partial charge in [-0.25, -0.2) is 4.98 Å². The summed E-state index contributed by atoms with van der Waals surface area (Å²) in [5.41, 5.74) is 2.08. The molecule has 1 aromatic heterocycles. The number of carbonyl (C=O) groups is 2. The minimum Gasteiger partial charge on any atom is -0.306 e. The number of imidazole rings is 1. The molecule has 0 bridgehead atoms. The number of benzene rings is 2. The molecule has 3 aromatic rings. The molecule has 174 valence electrons. The van der Waals surface area contributed by atoms with Gasteiger partial charge in [0.1, 0.15) is 0 Å². The van der Waals surface area contributed by atoms with Crippen molar-refractivity contribution in [1.82, 2.24) is 24.3 Å². The van der Waals surface area contributed by atoms with Gasteiger partial charge < -0.3 is 14.4 Å². The van der Waals surface area contributed by atoms with E-state index in [2.05, 4.69) is 35.7 Å². The molecule has 7 nitrogen and oxygen atoms in total. The summed E-state index contributed by atoms with van der Waals surface area (Å²) in [7, 11) is 2.06. The lowest BCUT2D eigenvalue weighted by molar-refractivity contribution is 0.0597. The van der Waals surface area contributed by atoms with E-state index in [0.717, 1.165) is 49.1 Å². The molecule has 2 heterocycles. The lowest BCUT2D eigenvalue weighted by atomic mass is 9.93. The summed E-state index contributed by atoms with van der Waals surface area (Å²) in [5, 5.41) is 1.62. The maximum Gasteiger partial charge on any atom is 0.261 e. The number of hydrogen-bond donors (Lipinski definition) is 0. The molecule has 0 spiro atoms. The van der Waals surface area contributed by atoms with E-state index in [-0.39, 0.29) is 11.8 Å². The van der Waals surface area contributed by atoms with Gasteiger partial charge in [-0.1, -0.05) is 26.0 Å². The van der Waals surface area contributed by atoms with Crippen molar-refractivity contribution in [2.45, 2.75) is 26.7 Å². The average molecular weight is 448 g/mol. The van der Waals surface area contributed by atoms with Gasteiger partial charge in [0.25, 0.3) is 11.8 Å². The molecule has 2 aromatic carbocycles. The normalized spacial score (nSPS) is 13.7. The van der Waals surface area contributed by atoms with E-state index >= 15 is 0 Å². The smallest absolute Gasteiger partial charge is 0.261 e. The Morgan fingerprint density at radius 2 is 1.73 bits per heavy atom. The number of nitrogens with zero attached hydrogens (tertiary/aromatic N) is 5. The number of amides is 2. The summed E-state index contributed by atoms with van der Waals surface area (Å²) < 4.78 is 1.90. The van der Waals surface area contributed by atoms with Crippen molar-refractivity contribution < 1.29 is 9.59 Å². The Balaban J connectivity index is 1.47. The molecule has 1 aliphatic heterocycles. The third kappa shape index (κ3) is 4.70. The van der Waals surface area contributed by atoms with Crippen LogP contribution in [0.2, 0.25) is 0 Å². The fraction of sp³-hybridized carbons (Fsp3) is 0.423. The van der Waals surface area contributed by atoms with Crippen molar-refractivity contribution in [3.63, 3.8) is 0 Å².